The molecule has 1 aromatic carbocycles. The van der Waals surface area contributed by atoms with Gasteiger partial charge in [0.2, 0.25) is 0 Å². The monoisotopic (exact) mass is 413 g/mol. The average Bonchev–Trinajstić information content (AvgIpc) is 3.35. The number of carboxylic acid groups (broad SMARTS) is 1. The van der Waals surface area contributed by atoms with Crippen molar-refractivity contribution in [3.05, 3.63) is 69.4 Å². The van der Waals surface area contributed by atoms with Crippen LogP contribution >= 0.6 is 22.7 Å². The number of thiophene rings is 2. The topological polar surface area (TPSA) is 49.8 Å². The second kappa shape index (κ2) is 8.47. The van der Waals surface area contributed by atoms with Gasteiger partial charge in [-0.25, -0.2) is 4.79 Å². The first-order valence-corrected chi connectivity index (χ1v) is 11.2. The first kappa shape index (κ1) is 19.2. The van der Waals surface area contributed by atoms with E-state index in [0.717, 1.165) is 31.4 Å². The maximum absolute atomic E-state index is 11.1. The Hall–Kier alpha value is -2.15. The van der Waals surface area contributed by atoms with Crippen LogP contribution in [0.25, 0.3) is 0 Å². The summed E-state index contributed by atoms with van der Waals surface area (Å²) in [6.45, 7) is 1.01. The van der Waals surface area contributed by atoms with Crippen LogP contribution in [0.4, 0.5) is 10.0 Å². The van der Waals surface area contributed by atoms with E-state index >= 15 is 0 Å². The molecule has 3 heterocycles. The molecule has 1 aliphatic rings. The SMILES string of the molecule is COC(Cc1ccc(CCCN2c3sccc3Cc3ccsc32)cc1)C(=O)O. The summed E-state index contributed by atoms with van der Waals surface area (Å²) in [6, 6.07) is 12.7. The van der Waals surface area contributed by atoms with Crippen molar-refractivity contribution in [2.24, 2.45) is 0 Å². The van der Waals surface area contributed by atoms with Crippen molar-refractivity contribution in [1.29, 1.82) is 0 Å². The Morgan fingerprint density at radius 3 is 2.25 bits per heavy atom. The van der Waals surface area contributed by atoms with Crippen LogP contribution in [-0.4, -0.2) is 30.8 Å². The normalized spacial score (nSPS) is 13.8. The Balaban J connectivity index is 1.36. The van der Waals surface area contributed by atoms with Gasteiger partial charge in [-0.3, -0.25) is 0 Å². The number of methoxy groups -OCH3 is 1. The Morgan fingerprint density at radius 2 is 1.68 bits per heavy atom. The lowest BCUT2D eigenvalue weighted by molar-refractivity contribution is -0.148. The van der Waals surface area contributed by atoms with Crippen LogP contribution in [0.2, 0.25) is 0 Å². The molecule has 4 nitrogen and oxygen atoms in total. The number of carbonyl (C=O) groups is 1. The molecule has 6 heteroatoms. The molecule has 0 saturated heterocycles. The van der Waals surface area contributed by atoms with Gasteiger partial charge in [-0.15, -0.1) is 22.7 Å². The maximum Gasteiger partial charge on any atom is 0.333 e. The van der Waals surface area contributed by atoms with E-state index in [0.29, 0.717) is 6.42 Å². The quantitative estimate of drug-likeness (QED) is 0.556. The summed E-state index contributed by atoms with van der Waals surface area (Å²) in [5, 5.41) is 16.3. The van der Waals surface area contributed by atoms with Gasteiger partial charge in [0.25, 0.3) is 0 Å². The van der Waals surface area contributed by atoms with Crippen LogP contribution in [0, 0.1) is 0 Å². The first-order valence-electron chi connectivity index (χ1n) is 9.39. The number of carboxylic acids is 1. The highest BCUT2D eigenvalue weighted by Gasteiger charge is 2.24. The summed E-state index contributed by atoms with van der Waals surface area (Å²) in [6.07, 6.45) is 2.73. The van der Waals surface area contributed by atoms with Crippen molar-refractivity contribution < 1.29 is 14.6 Å². The zero-order valence-electron chi connectivity index (χ0n) is 15.8. The smallest absolute Gasteiger partial charge is 0.333 e. The number of aryl methyl sites for hydroxylation is 1. The summed E-state index contributed by atoms with van der Waals surface area (Å²) in [4.78, 5) is 13.6. The van der Waals surface area contributed by atoms with Gasteiger partial charge in [-0.1, -0.05) is 24.3 Å². The second-order valence-electron chi connectivity index (χ2n) is 7.02. The molecule has 1 N–H and O–H groups in total. The summed E-state index contributed by atoms with van der Waals surface area (Å²) in [5.74, 6) is -0.922. The molecule has 1 atom stereocenters. The van der Waals surface area contributed by atoms with Gasteiger partial charge < -0.3 is 14.7 Å². The summed E-state index contributed by atoms with van der Waals surface area (Å²) in [5.41, 5.74) is 5.14. The number of benzene rings is 1. The number of fused-ring (bicyclic) bond motifs is 2. The third-order valence-corrected chi connectivity index (χ3v) is 7.13. The molecular formula is C22H23NO3S2. The molecule has 0 spiro atoms. The van der Waals surface area contributed by atoms with Crippen molar-refractivity contribution in [1.82, 2.24) is 0 Å². The number of aliphatic carboxylic acids is 1. The molecular weight excluding hydrogens is 390 g/mol. The molecule has 3 aromatic rings. The summed E-state index contributed by atoms with van der Waals surface area (Å²) < 4.78 is 5.02. The minimum absolute atomic E-state index is 0.391. The van der Waals surface area contributed by atoms with Crippen molar-refractivity contribution in [3.8, 4) is 0 Å². The van der Waals surface area contributed by atoms with Crippen LogP contribution in [-0.2, 0) is 28.8 Å². The van der Waals surface area contributed by atoms with Crippen molar-refractivity contribution in [3.63, 3.8) is 0 Å². The molecule has 2 aromatic heterocycles. The number of nitrogens with zero attached hydrogens (tertiary/aromatic N) is 1. The maximum atomic E-state index is 11.1. The molecule has 4 rings (SSSR count). The largest absolute Gasteiger partial charge is 0.479 e. The predicted molar refractivity (Wildman–Crippen MR) is 115 cm³/mol. The molecule has 0 fully saturated rings. The molecule has 146 valence electrons. The zero-order valence-corrected chi connectivity index (χ0v) is 17.4. The highest BCUT2D eigenvalue weighted by Crippen LogP contribution is 2.44. The predicted octanol–water partition coefficient (Wildman–Crippen LogP) is 5.13. The molecule has 28 heavy (non-hydrogen) atoms. The minimum atomic E-state index is -0.922. The number of rotatable bonds is 8. The lowest BCUT2D eigenvalue weighted by Crippen LogP contribution is -2.24. The van der Waals surface area contributed by atoms with Crippen LogP contribution < -0.4 is 4.90 Å². The van der Waals surface area contributed by atoms with Gasteiger partial charge >= 0.3 is 5.97 Å². The third kappa shape index (κ3) is 3.99. The van der Waals surface area contributed by atoms with Crippen molar-refractivity contribution >= 4 is 38.6 Å². The van der Waals surface area contributed by atoms with Crippen LogP contribution in [0.5, 0.6) is 0 Å². The first-order chi connectivity index (χ1) is 13.7. The molecule has 0 amide bonds. The average molecular weight is 414 g/mol. The van der Waals surface area contributed by atoms with E-state index in [2.05, 4.69) is 39.9 Å². The van der Waals surface area contributed by atoms with Gasteiger partial charge in [0, 0.05) is 26.5 Å². The van der Waals surface area contributed by atoms with Crippen LogP contribution in [0.3, 0.4) is 0 Å². The van der Waals surface area contributed by atoms with Gasteiger partial charge in [0.15, 0.2) is 6.10 Å². The number of anilines is 2. The summed E-state index contributed by atoms with van der Waals surface area (Å²) >= 11 is 3.66. The van der Waals surface area contributed by atoms with Gasteiger partial charge in [0.1, 0.15) is 0 Å². The highest BCUT2D eigenvalue weighted by molar-refractivity contribution is 7.17. The lowest BCUT2D eigenvalue weighted by atomic mass is 10.0. The molecule has 0 bridgehead atoms. The Morgan fingerprint density at radius 1 is 1.07 bits per heavy atom. The lowest BCUT2D eigenvalue weighted by Gasteiger charge is -2.28. The van der Waals surface area contributed by atoms with Gasteiger partial charge in [0.05, 0.1) is 10.0 Å². The van der Waals surface area contributed by atoms with Gasteiger partial charge in [-0.2, -0.15) is 0 Å². The van der Waals surface area contributed by atoms with E-state index in [1.54, 1.807) is 0 Å². The Bertz CT molecular complexity index is 905. The summed E-state index contributed by atoms with van der Waals surface area (Å²) in [7, 11) is 1.44. The Kier molecular flexibility index (Phi) is 5.80. The molecule has 0 aliphatic carbocycles. The van der Waals surface area contributed by atoms with E-state index in [1.807, 2.05) is 34.8 Å². The van der Waals surface area contributed by atoms with Crippen LogP contribution in [0.15, 0.2) is 47.2 Å². The molecule has 1 unspecified atom stereocenters. The molecule has 1 aliphatic heterocycles. The third-order valence-electron chi connectivity index (χ3n) is 5.17. The fraction of sp³-hybridized carbons (Fsp3) is 0.318. The van der Waals surface area contributed by atoms with E-state index in [9.17, 15) is 4.79 Å². The highest BCUT2D eigenvalue weighted by atomic mass is 32.1. The van der Waals surface area contributed by atoms with Crippen molar-refractivity contribution in [2.45, 2.75) is 31.8 Å². The fourth-order valence-corrected chi connectivity index (χ4v) is 5.65. The number of ether oxygens (including phenoxy) is 1. The van der Waals surface area contributed by atoms with Crippen LogP contribution in [0.1, 0.15) is 28.7 Å². The van der Waals surface area contributed by atoms with E-state index < -0.39 is 12.1 Å². The Labute approximate surface area is 173 Å². The van der Waals surface area contributed by atoms with E-state index in [1.165, 1.54) is 33.8 Å². The van der Waals surface area contributed by atoms with E-state index in [-0.39, 0.29) is 0 Å². The van der Waals surface area contributed by atoms with Crippen molar-refractivity contribution in [2.75, 3.05) is 18.6 Å². The number of hydrogen-bond acceptors (Lipinski definition) is 5. The molecule has 0 saturated carbocycles. The van der Waals surface area contributed by atoms with Gasteiger partial charge in [-0.05, 0) is 58.0 Å². The zero-order chi connectivity index (χ0) is 19.5. The fourth-order valence-electron chi connectivity index (χ4n) is 3.67. The second-order valence-corrected chi connectivity index (χ2v) is 8.81. The standard InChI is InChI=1S/C22H23NO3S2/c1-26-19(22(24)25)13-16-6-4-15(5-7-16)3-2-10-23-20-17(8-11-27-20)14-18-9-12-28-21(18)23/h4-9,11-12,19H,2-3,10,13-14H2,1H3,(H,24,25). The number of hydrogen-bond donors (Lipinski definition) is 1. The van der Waals surface area contributed by atoms with E-state index in [4.69, 9.17) is 9.84 Å². The molecule has 0 radical (unpaired) electrons. The minimum Gasteiger partial charge on any atom is -0.479 e.